The third-order valence-corrected chi connectivity index (χ3v) is 6.47. The molecule has 0 aliphatic carbocycles. The zero-order valence-corrected chi connectivity index (χ0v) is 17.0. The molecule has 8 heteroatoms. The summed E-state index contributed by atoms with van der Waals surface area (Å²) in [4.78, 5) is 23.7. The van der Waals surface area contributed by atoms with Crippen LogP contribution in [0.1, 0.15) is 25.7 Å². The zero-order valence-electron chi connectivity index (χ0n) is 16.2. The number of pyridine rings is 1. The molecular weight excluding hydrogens is 403 g/mol. The molecule has 0 radical (unpaired) electrons. The molecule has 30 heavy (non-hydrogen) atoms. The summed E-state index contributed by atoms with van der Waals surface area (Å²) in [5.74, 6) is 0.351. The highest BCUT2D eigenvalue weighted by atomic mass is 32.1. The van der Waals surface area contributed by atoms with E-state index in [9.17, 15) is 9.18 Å². The monoisotopic (exact) mass is 424 g/mol. The van der Waals surface area contributed by atoms with E-state index in [1.807, 2.05) is 28.5 Å². The second-order valence-electron chi connectivity index (χ2n) is 7.65. The third kappa shape index (κ3) is 3.87. The van der Waals surface area contributed by atoms with E-state index in [4.69, 9.17) is 4.74 Å². The molecule has 2 aliphatic rings. The van der Waals surface area contributed by atoms with Crippen LogP contribution in [0.4, 0.5) is 14.3 Å². The van der Waals surface area contributed by atoms with Gasteiger partial charge in [-0.15, -0.1) is 11.3 Å². The van der Waals surface area contributed by atoms with Gasteiger partial charge in [-0.25, -0.2) is 19.2 Å². The van der Waals surface area contributed by atoms with Crippen molar-refractivity contribution in [3.05, 3.63) is 59.9 Å². The van der Waals surface area contributed by atoms with Crippen LogP contribution >= 0.6 is 11.3 Å². The Balaban J connectivity index is 1.23. The highest BCUT2D eigenvalue weighted by Crippen LogP contribution is 2.37. The molecule has 2 atom stereocenters. The highest BCUT2D eigenvalue weighted by molar-refractivity contribution is 7.14. The zero-order chi connectivity index (χ0) is 20.5. The summed E-state index contributed by atoms with van der Waals surface area (Å²) in [5, 5.41) is 5.36. The van der Waals surface area contributed by atoms with Crippen molar-refractivity contribution in [3.63, 3.8) is 0 Å². The molecule has 154 valence electrons. The first-order chi connectivity index (χ1) is 14.7. The second kappa shape index (κ2) is 8.02. The van der Waals surface area contributed by atoms with Gasteiger partial charge in [0.15, 0.2) is 5.13 Å². The standard InChI is InChI=1S/C22H21FN4O2S/c23-15-6-4-14(5-7-15)19-13-30-21(25-19)26-22(28)27-16-8-9-17(27)12-18(11-16)29-20-3-1-2-10-24-20/h1-7,10,13,16-18H,8-9,11-12H2,(H,25,26,28)/t16-,17-/m0/s1. The Morgan fingerprint density at radius 3 is 2.60 bits per heavy atom. The van der Waals surface area contributed by atoms with Gasteiger partial charge in [-0.2, -0.15) is 0 Å². The SMILES string of the molecule is O=C(Nc1nc(-c2ccc(F)cc2)cs1)N1[C@H]2CC[C@H]1CC(Oc1ccccn1)C2. The van der Waals surface area contributed by atoms with Gasteiger partial charge in [-0.05, 0) is 43.2 Å². The molecule has 6 nitrogen and oxygen atoms in total. The third-order valence-electron chi connectivity index (χ3n) is 5.71. The first-order valence-electron chi connectivity index (χ1n) is 10.0. The Morgan fingerprint density at radius 1 is 1.13 bits per heavy atom. The van der Waals surface area contributed by atoms with E-state index in [1.165, 1.54) is 23.5 Å². The van der Waals surface area contributed by atoms with E-state index < -0.39 is 0 Å². The summed E-state index contributed by atoms with van der Waals surface area (Å²) in [6.07, 6.45) is 5.38. The second-order valence-corrected chi connectivity index (χ2v) is 8.50. The van der Waals surface area contributed by atoms with Crippen LogP contribution in [-0.4, -0.2) is 39.1 Å². The number of amides is 2. The van der Waals surface area contributed by atoms with Crippen LogP contribution in [-0.2, 0) is 0 Å². The fraction of sp³-hybridized carbons (Fsp3) is 0.318. The number of nitrogens with one attached hydrogen (secondary N) is 1. The molecule has 2 aromatic heterocycles. The van der Waals surface area contributed by atoms with Crippen molar-refractivity contribution in [2.24, 2.45) is 0 Å². The van der Waals surface area contributed by atoms with Crippen molar-refractivity contribution in [1.29, 1.82) is 0 Å². The number of carbonyl (C=O) groups excluding carboxylic acids is 1. The number of nitrogens with zero attached hydrogens (tertiary/aromatic N) is 3. The number of fused-ring (bicyclic) bond motifs is 2. The average molecular weight is 425 g/mol. The first-order valence-corrected chi connectivity index (χ1v) is 10.9. The van der Waals surface area contributed by atoms with Gasteiger partial charge in [-0.3, -0.25) is 5.32 Å². The maximum atomic E-state index is 13.1. The maximum Gasteiger partial charge on any atom is 0.324 e. The number of carbonyl (C=O) groups is 1. The summed E-state index contributed by atoms with van der Waals surface area (Å²) in [7, 11) is 0. The number of anilines is 1. The maximum absolute atomic E-state index is 13.1. The van der Waals surface area contributed by atoms with E-state index in [1.54, 1.807) is 18.3 Å². The van der Waals surface area contributed by atoms with Gasteiger partial charge in [0.1, 0.15) is 11.9 Å². The van der Waals surface area contributed by atoms with Crippen molar-refractivity contribution in [1.82, 2.24) is 14.9 Å². The Kier molecular flexibility index (Phi) is 5.08. The van der Waals surface area contributed by atoms with E-state index in [0.717, 1.165) is 36.9 Å². The quantitative estimate of drug-likeness (QED) is 0.643. The number of hydrogen-bond donors (Lipinski definition) is 1. The van der Waals surface area contributed by atoms with E-state index in [2.05, 4.69) is 15.3 Å². The number of halogens is 1. The predicted octanol–water partition coefficient (Wildman–Crippen LogP) is 4.95. The summed E-state index contributed by atoms with van der Waals surface area (Å²) >= 11 is 1.37. The summed E-state index contributed by atoms with van der Waals surface area (Å²) in [5.41, 5.74) is 1.54. The molecule has 1 N–H and O–H groups in total. The molecule has 0 saturated carbocycles. The van der Waals surface area contributed by atoms with Gasteiger partial charge in [-0.1, -0.05) is 6.07 Å². The molecular formula is C22H21FN4O2S. The minimum atomic E-state index is -0.284. The van der Waals surface area contributed by atoms with Crippen LogP contribution in [0.5, 0.6) is 5.88 Å². The summed E-state index contributed by atoms with van der Waals surface area (Å²) in [6.45, 7) is 0. The number of urea groups is 1. The Bertz CT molecular complexity index is 1010. The normalized spacial score (nSPS) is 22.7. The largest absolute Gasteiger partial charge is 0.474 e. The van der Waals surface area contributed by atoms with E-state index in [0.29, 0.717) is 11.0 Å². The van der Waals surface area contributed by atoms with Crippen molar-refractivity contribution < 1.29 is 13.9 Å². The van der Waals surface area contributed by atoms with Gasteiger partial charge in [0.25, 0.3) is 0 Å². The van der Waals surface area contributed by atoms with Crippen molar-refractivity contribution >= 4 is 22.5 Å². The average Bonchev–Trinajstić information content (AvgIpc) is 3.32. The van der Waals surface area contributed by atoms with Gasteiger partial charge < -0.3 is 9.64 Å². The molecule has 4 heterocycles. The lowest BCUT2D eigenvalue weighted by molar-refractivity contribution is 0.0704. The van der Waals surface area contributed by atoms with Crippen LogP contribution < -0.4 is 10.1 Å². The van der Waals surface area contributed by atoms with E-state index >= 15 is 0 Å². The van der Waals surface area contributed by atoms with Crippen LogP contribution in [0.3, 0.4) is 0 Å². The molecule has 1 aromatic carbocycles. The van der Waals surface area contributed by atoms with E-state index in [-0.39, 0.29) is 30.0 Å². The molecule has 2 saturated heterocycles. The molecule has 5 rings (SSSR count). The Hall–Kier alpha value is -3.00. The van der Waals surface area contributed by atoms with Crippen LogP contribution in [0.25, 0.3) is 11.3 Å². The number of piperidine rings is 1. The number of rotatable bonds is 4. The fourth-order valence-electron chi connectivity index (χ4n) is 4.38. The van der Waals surface area contributed by atoms with Gasteiger partial charge in [0.2, 0.25) is 5.88 Å². The number of benzene rings is 1. The molecule has 2 bridgehead atoms. The van der Waals surface area contributed by atoms with Crippen LogP contribution in [0.2, 0.25) is 0 Å². The molecule has 2 amide bonds. The Labute approximate surface area is 177 Å². The van der Waals surface area contributed by atoms with Gasteiger partial charge in [0.05, 0.1) is 5.69 Å². The van der Waals surface area contributed by atoms with Crippen molar-refractivity contribution in [2.75, 3.05) is 5.32 Å². The molecule has 0 spiro atoms. The smallest absolute Gasteiger partial charge is 0.324 e. The lowest BCUT2D eigenvalue weighted by Crippen LogP contribution is -2.50. The number of aromatic nitrogens is 2. The molecule has 3 aromatic rings. The summed E-state index contributed by atoms with van der Waals surface area (Å²) in [6, 6.07) is 12.0. The van der Waals surface area contributed by atoms with Crippen LogP contribution in [0, 0.1) is 5.82 Å². The van der Waals surface area contributed by atoms with Gasteiger partial charge in [0, 0.05) is 48.1 Å². The topological polar surface area (TPSA) is 67.4 Å². The fourth-order valence-corrected chi connectivity index (χ4v) is 5.09. The predicted molar refractivity (Wildman–Crippen MR) is 113 cm³/mol. The van der Waals surface area contributed by atoms with Crippen LogP contribution in [0.15, 0.2) is 54.0 Å². The van der Waals surface area contributed by atoms with Crippen molar-refractivity contribution in [2.45, 2.75) is 43.9 Å². The lowest BCUT2D eigenvalue weighted by atomic mass is 10.00. The first kappa shape index (κ1) is 19.0. The number of thiazole rings is 1. The highest BCUT2D eigenvalue weighted by Gasteiger charge is 2.44. The minimum absolute atomic E-state index is 0.0754. The minimum Gasteiger partial charge on any atom is -0.474 e. The number of hydrogen-bond acceptors (Lipinski definition) is 5. The molecule has 0 unspecified atom stereocenters. The van der Waals surface area contributed by atoms with Gasteiger partial charge >= 0.3 is 6.03 Å². The molecule has 2 fully saturated rings. The molecule has 2 aliphatic heterocycles. The Morgan fingerprint density at radius 2 is 1.90 bits per heavy atom. The number of ether oxygens (including phenoxy) is 1. The lowest BCUT2D eigenvalue weighted by Gasteiger charge is -2.38. The summed E-state index contributed by atoms with van der Waals surface area (Å²) < 4.78 is 19.2. The van der Waals surface area contributed by atoms with Crippen molar-refractivity contribution in [3.8, 4) is 17.1 Å².